The maximum Gasteiger partial charge on any atom is 0.433 e. The molecule has 1 aromatic heterocycles. The highest BCUT2D eigenvalue weighted by Crippen LogP contribution is 2.37. The Hall–Kier alpha value is -1.80. The number of nitrogens with zero attached hydrogens (tertiary/aromatic N) is 2. The zero-order valence-corrected chi connectivity index (χ0v) is 9.96. The fraction of sp³-hybridized carbons (Fsp3) is 0.200. The first-order valence-electron chi connectivity index (χ1n) is 5.00. The van der Waals surface area contributed by atoms with Crippen LogP contribution in [0.3, 0.4) is 0 Å². The summed E-state index contributed by atoms with van der Waals surface area (Å²) in [5, 5.41) is 9.33. The van der Waals surface area contributed by atoms with Gasteiger partial charge in [0, 0.05) is 12.7 Å². The van der Waals surface area contributed by atoms with E-state index in [4.69, 9.17) is 16.7 Å². The summed E-state index contributed by atoms with van der Waals surface area (Å²) >= 11 is 5.77. The summed E-state index contributed by atoms with van der Waals surface area (Å²) in [6.07, 6.45) is -3.58. The number of alkyl halides is 3. The lowest BCUT2D eigenvalue weighted by Gasteiger charge is -2.23. The first kappa shape index (κ1) is 13.6. The number of rotatable bonds is 2. The molecule has 0 amide bonds. The molecular weight excluding hydrogens is 287 g/mol. The van der Waals surface area contributed by atoms with Crippen molar-refractivity contribution >= 4 is 23.4 Å². The van der Waals surface area contributed by atoms with Gasteiger partial charge in [0.05, 0.1) is 10.6 Å². The largest absolute Gasteiger partial charge is 0.478 e. The van der Waals surface area contributed by atoms with Crippen molar-refractivity contribution in [1.29, 1.82) is 0 Å². The summed E-state index contributed by atoms with van der Waals surface area (Å²) in [5.41, 5.74) is 0.211. The second-order valence-corrected chi connectivity index (χ2v) is 4.02. The van der Waals surface area contributed by atoms with Crippen molar-refractivity contribution in [3.05, 3.63) is 34.6 Å². The third kappa shape index (κ3) is 2.49. The molecule has 0 saturated carbocycles. The lowest BCUT2D eigenvalue weighted by molar-refractivity contribution is -0.133. The molecule has 19 heavy (non-hydrogen) atoms. The molecule has 2 N–H and O–H groups in total. The van der Waals surface area contributed by atoms with Crippen molar-refractivity contribution in [2.45, 2.75) is 6.18 Å². The van der Waals surface area contributed by atoms with Gasteiger partial charge < -0.3 is 5.11 Å². The first-order valence-corrected chi connectivity index (χ1v) is 5.38. The van der Waals surface area contributed by atoms with Gasteiger partial charge in [-0.2, -0.15) is 13.2 Å². The van der Waals surface area contributed by atoms with Crippen molar-refractivity contribution < 1.29 is 23.1 Å². The minimum absolute atomic E-state index is 0.0246. The number of hydrazine groups is 1. The molecule has 102 valence electrons. The van der Waals surface area contributed by atoms with Gasteiger partial charge in [0.2, 0.25) is 0 Å². The smallest absolute Gasteiger partial charge is 0.433 e. The summed E-state index contributed by atoms with van der Waals surface area (Å²) in [6.45, 7) is -0.461. The van der Waals surface area contributed by atoms with Gasteiger partial charge in [-0.1, -0.05) is 11.6 Å². The highest BCUT2D eigenvalue weighted by molar-refractivity contribution is 6.33. The normalized spacial score (nSPS) is 16.1. The first-order chi connectivity index (χ1) is 8.82. The SMILES string of the molecule is O=C(O)C1=C(C(F)(F)F)N(c2ncccc2Cl)NC1. The second-order valence-electron chi connectivity index (χ2n) is 3.61. The summed E-state index contributed by atoms with van der Waals surface area (Å²) in [6, 6.07) is 2.81. The highest BCUT2D eigenvalue weighted by Gasteiger charge is 2.46. The van der Waals surface area contributed by atoms with E-state index in [0.29, 0.717) is 5.01 Å². The molecule has 1 aromatic rings. The van der Waals surface area contributed by atoms with Crippen LogP contribution in [0.1, 0.15) is 0 Å². The Balaban J connectivity index is 2.54. The van der Waals surface area contributed by atoms with Gasteiger partial charge in [-0.3, -0.25) is 5.01 Å². The van der Waals surface area contributed by atoms with Crippen LogP contribution in [-0.2, 0) is 4.79 Å². The number of hydrogen-bond acceptors (Lipinski definition) is 4. The molecule has 2 heterocycles. The zero-order valence-electron chi connectivity index (χ0n) is 9.20. The predicted octanol–water partition coefficient (Wildman–Crippen LogP) is 1.96. The van der Waals surface area contributed by atoms with Gasteiger partial charge >= 0.3 is 12.1 Å². The van der Waals surface area contributed by atoms with E-state index in [1.54, 1.807) is 0 Å². The lowest BCUT2D eigenvalue weighted by Crippen LogP contribution is -2.37. The molecule has 0 aliphatic carbocycles. The molecule has 1 aliphatic rings. The van der Waals surface area contributed by atoms with Crippen LogP contribution in [0.15, 0.2) is 29.6 Å². The molecule has 5 nitrogen and oxygen atoms in total. The standard InChI is InChI=1S/C10H7ClF3N3O2/c11-6-2-1-3-15-8(6)17-7(10(12,13)14)5(4-16-17)9(18)19/h1-3,16H,4H2,(H,18,19). The fourth-order valence-corrected chi connectivity index (χ4v) is 1.86. The molecule has 0 bridgehead atoms. The van der Waals surface area contributed by atoms with E-state index >= 15 is 0 Å². The zero-order chi connectivity index (χ0) is 14.2. The van der Waals surface area contributed by atoms with Crippen LogP contribution < -0.4 is 10.4 Å². The lowest BCUT2D eigenvalue weighted by atomic mass is 10.2. The van der Waals surface area contributed by atoms with Crippen LogP contribution in [0.25, 0.3) is 0 Å². The Bertz CT molecular complexity index is 559. The van der Waals surface area contributed by atoms with Crippen molar-refractivity contribution in [2.75, 3.05) is 11.6 Å². The van der Waals surface area contributed by atoms with Gasteiger partial charge in [0.15, 0.2) is 11.5 Å². The van der Waals surface area contributed by atoms with E-state index in [2.05, 4.69) is 10.4 Å². The number of hydrogen-bond donors (Lipinski definition) is 2. The maximum absolute atomic E-state index is 13.0. The fourth-order valence-electron chi connectivity index (χ4n) is 1.65. The number of carboxylic acids is 1. The summed E-state index contributed by atoms with van der Waals surface area (Å²) in [7, 11) is 0. The molecule has 2 rings (SSSR count). The van der Waals surface area contributed by atoms with Gasteiger partial charge in [0.1, 0.15) is 0 Å². The number of anilines is 1. The molecule has 0 spiro atoms. The monoisotopic (exact) mass is 293 g/mol. The van der Waals surface area contributed by atoms with Gasteiger partial charge in [-0.15, -0.1) is 0 Å². The second kappa shape index (κ2) is 4.71. The maximum atomic E-state index is 13.0. The van der Waals surface area contributed by atoms with Gasteiger partial charge in [0.25, 0.3) is 0 Å². The number of aliphatic carboxylic acids is 1. The van der Waals surface area contributed by atoms with Crippen LogP contribution in [0.5, 0.6) is 0 Å². The minimum Gasteiger partial charge on any atom is -0.478 e. The van der Waals surface area contributed by atoms with Crippen LogP contribution in [-0.4, -0.2) is 28.8 Å². The average Bonchev–Trinajstić information content (AvgIpc) is 2.73. The van der Waals surface area contributed by atoms with Crippen LogP contribution in [0, 0.1) is 0 Å². The number of nitrogens with one attached hydrogen (secondary N) is 1. The molecular formula is C10H7ClF3N3O2. The summed E-state index contributed by atoms with van der Waals surface area (Å²) in [4.78, 5) is 14.6. The van der Waals surface area contributed by atoms with E-state index in [9.17, 15) is 18.0 Å². The molecule has 9 heteroatoms. The molecule has 1 aliphatic heterocycles. The van der Waals surface area contributed by atoms with Crippen LogP contribution >= 0.6 is 11.6 Å². The molecule has 0 radical (unpaired) electrons. The number of allylic oxidation sites excluding steroid dienone is 1. The Morgan fingerprint density at radius 1 is 1.53 bits per heavy atom. The Labute approximate surface area is 110 Å². The minimum atomic E-state index is -4.84. The third-order valence-electron chi connectivity index (χ3n) is 2.40. The van der Waals surface area contributed by atoms with Crippen molar-refractivity contribution in [3.63, 3.8) is 0 Å². The molecule has 0 saturated heterocycles. The number of pyridine rings is 1. The Kier molecular flexibility index (Phi) is 3.38. The topological polar surface area (TPSA) is 65.5 Å². The number of carboxylic acid groups (broad SMARTS) is 1. The Morgan fingerprint density at radius 3 is 2.74 bits per heavy atom. The van der Waals surface area contributed by atoms with E-state index in [-0.39, 0.29) is 10.8 Å². The number of carbonyl (C=O) groups is 1. The van der Waals surface area contributed by atoms with Crippen molar-refractivity contribution in [3.8, 4) is 0 Å². The average molecular weight is 294 g/mol. The van der Waals surface area contributed by atoms with E-state index in [1.165, 1.54) is 18.3 Å². The number of halogens is 4. The van der Waals surface area contributed by atoms with Crippen molar-refractivity contribution in [1.82, 2.24) is 10.4 Å². The third-order valence-corrected chi connectivity index (χ3v) is 2.70. The highest BCUT2D eigenvalue weighted by atomic mass is 35.5. The van der Waals surface area contributed by atoms with Crippen LogP contribution in [0.4, 0.5) is 19.0 Å². The van der Waals surface area contributed by atoms with Gasteiger partial charge in [-0.25, -0.2) is 15.2 Å². The van der Waals surface area contributed by atoms with Crippen LogP contribution in [0.2, 0.25) is 5.02 Å². The molecule has 0 atom stereocenters. The summed E-state index contributed by atoms with van der Waals surface area (Å²) < 4.78 is 38.9. The van der Waals surface area contributed by atoms with E-state index in [1.807, 2.05) is 0 Å². The van der Waals surface area contributed by atoms with Gasteiger partial charge in [-0.05, 0) is 12.1 Å². The molecule has 0 unspecified atom stereocenters. The van der Waals surface area contributed by atoms with E-state index in [0.717, 1.165) is 0 Å². The predicted molar refractivity (Wildman–Crippen MR) is 60.4 cm³/mol. The summed E-state index contributed by atoms with van der Waals surface area (Å²) in [5.74, 6) is -1.85. The Morgan fingerprint density at radius 2 is 2.21 bits per heavy atom. The van der Waals surface area contributed by atoms with E-state index < -0.39 is 30.0 Å². The molecule has 0 fully saturated rings. The number of aromatic nitrogens is 1. The molecule has 0 aromatic carbocycles. The quantitative estimate of drug-likeness (QED) is 0.872. The van der Waals surface area contributed by atoms with Crippen molar-refractivity contribution in [2.24, 2.45) is 0 Å².